The van der Waals surface area contributed by atoms with E-state index in [4.69, 9.17) is 4.52 Å². The van der Waals surface area contributed by atoms with E-state index >= 15 is 0 Å². The first-order valence-electron chi connectivity index (χ1n) is 8.79. The number of anilines is 1. The molecule has 0 aliphatic heterocycles. The molecule has 2 aromatic rings. The molecule has 144 valence electrons. The largest absolute Gasteiger partial charge is 0.360 e. The van der Waals surface area contributed by atoms with Crippen molar-refractivity contribution < 1.29 is 18.9 Å². The quantitative estimate of drug-likeness (QED) is 0.729. The van der Waals surface area contributed by atoms with Crippen molar-refractivity contribution in [1.82, 2.24) is 10.5 Å². The molecule has 0 radical (unpaired) electrons. The van der Waals surface area contributed by atoms with Gasteiger partial charge >= 0.3 is 0 Å². The lowest BCUT2D eigenvalue weighted by atomic mass is 9.86. The number of nitrogens with zero attached hydrogens (tertiary/aromatic N) is 1. The van der Waals surface area contributed by atoms with Crippen molar-refractivity contribution in [2.24, 2.45) is 0 Å². The number of ketones is 1. The molecular weight excluding hydrogens is 346 g/mol. The second-order valence-corrected chi connectivity index (χ2v) is 7.40. The fourth-order valence-corrected chi connectivity index (χ4v) is 2.41. The maximum absolute atomic E-state index is 12.2. The Morgan fingerprint density at radius 1 is 1.04 bits per heavy atom. The molecule has 0 saturated carbocycles. The van der Waals surface area contributed by atoms with Gasteiger partial charge in [-0.2, -0.15) is 0 Å². The molecular formula is C20H25N3O4. The number of Topliss-reactive ketones (excluding diaryl/α,β-unsaturated/α-hetero) is 1. The summed E-state index contributed by atoms with van der Waals surface area (Å²) in [5.41, 5.74) is 1.74. The number of nitrogens with one attached hydrogen (secondary N) is 2. The van der Waals surface area contributed by atoms with Crippen LogP contribution in [0.25, 0.3) is 0 Å². The molecule has 0 bridgehead atoms. The van der Waals surface area contributed by atoms with Gasteiger partial charge in [-0.1, -0.05) is 50.2 Å². The van der Waals surface area contributed by atoms with Crippen molar-refractivity contribution in [3.8, 4) is 0 Å². The predicted octanol–water partition coefficient (Wildman–Crippen LogP) is 3.00. The average molecular weight is 371 g/mol. The van der Waals surface area contributed by atoms with Gasteiger partial charge in [0.2, 0.25) is 11.8 Å². The highest BCUT2D eigenvalue weighted by molar-refractivity contribution is 5.98. The van der Waals surface area contributed by atoms with Crippen molar-refractivity contribution in [2.45, 2.75) is 46.0 Å². The normalized spacial score (nSPS) is 11.1. The molecule has 0 aliphatic rings. The molecule has 1 aromatic carbocycles. The van der Waals surface area contributed by atoms with Gasteiger partial charge in [0.05, 0.1) is 6.54 Å². The minimum Gasteiger partial charge on any atom is -0.360 e. The van der Waals surface area contributed by atoms with Crippen molar-refractivity contribution in [3.63, 3.8) is 0 Å². The van der Waals surface area contributed by atoms with Crippen molar-refractivity contribution >= 4 is 23.4 Å². The van der Waals surface area contributed by atoms with E-state index in [9.17, 15) is 14.4 Å². The van der Waals surface area contributed by atoms with Crippen LogP contribution in [-0.2, 0) is 15.0 Å². The molecule has 0 unspecified atom stereocenters. The van der Waals surface area contributed by atoms with Crippen LogP contribution in [0, 0.1) is 6.92 Å². The lowest BCUT2D eigenvalue weighted by Gasteiger charge is -2.18. The third-order valence-electron chi connectivity index (χ3n) is 3.99. The van der Waals surface area contributed by atoms with Crippen LogP contribution in [0.2, 0.25) is 0 Å². The second kappa shape index (κ2) is 8.62. The number of aromatic nitrogens is 1. The topological polar surface area (TPSA) is 101 Å². The fraction of sp³-hybridized carbons (Fsp3) is 0.400. The highest BCUT2D eigenvalue weighted by Crippen LogP contribution is 2.22. The van der Waals surface area contributed by atoms with E-state index in [2.05, 4.69) is 36.6 Å². The molecule has 2 N–H and O–H groups in total. The first kappa shape index (κ1) is 20.4. The molecule has 0 aliphatic carbocycles. The summed E-state index contributed by atoms with van der Waals surface area (Å²) in [5, 5.41) is 8.62. The van der Waals surface area contributed by atoms with Crippen LogP contribution < -0.4 is 10.6 Å². The van der Waals surface area contributed by atoms with Crippen LogP contribution in [0.5, 0.6) is 0 Å². The van der Waals surface area contributed by atoms with Gasteiger partial charge in [0.1, 0.15) is 5.76 Å². The Bertz CT molecular complexity index is 816. The molecule has 1 aromatic heterocycles. The van der Waals surface area contributed by atoms with Crippen molar-refractivity contribution in [1.29, 1.82) is 0 Å². The van der Waals surface area contributed by atoms with Gasteiger partial charge in [0.15, 0.2) is 11.6 Å². The molecule has 0 saturated heterocycles. The molecule has 2 rings (SSSR count). The van der Waals surface area contributed by atoms with Gasteiger partial charge < -0.3 is 15.2 Å². The Morgan fingerprint density at radius 2 is 1.70 bits per heavy atom. The summed E-state index contributed by atoms with van der Waals surface area (Å²) in [6.07, 6.45) is 0.112. The van der Waals surface area contributed by atoms with E-state index in [1.807, 2.05) is 12.1 Å². The monoisotopic (exact) mass is 371 g/mol. The number of benzene rings is 1. The smallest absolute Gasteiger partial charge is 0.245 e. The molecule has 7 heteroatoms. The number of hydrogen-bond donors (Lipinski definition) is 2. The summed E-state index contributed by atoms with van der Waals surface area (Å²) in [6.45, 7) is 7.83. The summed E-state index contributed by atoms with van der Waals surface area (Å²) < 4.78 is 4.83. The number of rotatable bonds is 7. The second-order valence-electron chi connectivity index (χ2n) is 7.40. The Morgan fingerprint density at radius 3 is 2.26 bits per heavy atom. The van der Waals surface area contributed by atoms with Crippen LogP contribution in [0.15, 0.2) is 34.9 Å². The van der Waals surface area contributed by atoms with Crippen LogP contribution in [0.1, 0.15) is 55.3 Å². The molecule has 1 heterocycles. The van der Waals surface area contributed by atoms with Crippen LogP contribution in [-0.4, -0.2) is 29.3 Å². The maximum atomic E-state index is 12.2. The van der Waals surface area contributed by atoms with E-state index < -0.39 is 5.91 Å². The first-order chi connectivity index (χ1) is 12.6. The van der Waals surface area contributed by atoms with E-state index in [-0.39, 0.29) is 36.5 Å². The zero-order valence-corrected chi connectivity index (χ0v) is 16.1. The highest BCUT2D eigenvalue weighted by atomic mass is 16.5. The molecule has 0 spiro atoms. The van der Waals surface area contributed by atoms with Gasteiger partial charge in [-0.05, 0) is 17.9 Å². The Balaban J connectivity index is 1.74. The van der Waals surface area contributed by atoms with Gasteiger partial charge in [0, 0.05) is 24.5 Å². The first-order valence-corrected chi connectivity index (χ1v) is 8.79. The standard InChI is InChI=1S/C20H25N3O4/c1-13-11-17(23-27-13)22-19(26)12-21-18(25)10-9-16(24)14-5-7-15(8-6-14)20(2,3)4/h5-8,11H,9-10,12H2,1-4H3,(H,21,25)(H,22,23,26). The lowest BCUT2D eigenvalue weighted by molar-refractivity contribution is -0.124. The zero-order valence-electron chi connectivity index (χ0n) is 16.1. The molecule has 0 atom stereocenters. The van der Waals surface area contributed by atoms with Crippen LogP contribution in [0.4, 0.5) is 5.82 Å². The minimum absolute atomic E-state index is 0.0205. The Hall–Kier alpha value is -2.96. The number of carbonyl (C=O) groups excluding carboxylic acids is 3. The van der Waals surface area contributed by atoms with Gasteiger partial charge in [-0.3, -0.25) is 14.4 Å². The van der Waals surface area contributed by atoms with Crippen LogP contribution >= 0.6 is 0 Å². The van der Waals surface area contributed by atoms with E-state index in [1.165, 1.54) is 0 Å². The summed E-state index contributed by atoms with van der Waals surface area (Å²) in [6, 6.07) is 9.01. The van der Waals surface area contributed by atoms with Crippen molar-refractivity contribution in [2.75, 3.05) is 11.9 Å². The number of carbonyl (C=O) groups is 3. The summed E-state index contributed by atoms with van der Waals surface area (Å²) in [4.78, 5) is 35.8. The van der Waals surface area contributed by atoms with E-state index in [0.29, 0.717) is 17.1 Å². The van der Waals surface area contributed by atoms with Gasteiger partial charge in [0.25, 0.3) is 0 Å². The summed E-state index contributed by atoms with van der Waals surface area (Å²) in [5.74, 6) is -0.0148. The SMILES string of the molecule is Cc1cc(NC(=O)CNC(=O)CCC(=O)c2ccc(C(C)(C)C)cc2)no1. The zero-order chi connectivity index (χ0) is 20.0. The molecule has 2 amide bonds. The predicted molar refractivity (Wildman–Crippen MR) is 102 cm³/mol. The van der Waals surface area contributed by atoms with E-state index in [0.717, 1.165) is 5.56 Å². The van der Waals surface area contributed by atoms with E-state index in [1.54, 1.807) is 25.1 Å². The Kier molecular flexibility index (Phi) is 6.50. The Labute approximate surface area is 158 Å². The third-order valence-corrected chi connectivity index (χ3v) is 3.99. The lowest BCUT2D eigenvalue weighted by Crippen LogP contribution is -2.33. The number of aryl methyl sites for hydroxylation is 1. The average Bonchev–Trinajstić information content (AvgIpc) is 3.02. The fourth-order valence-electron chi connectivity index (χ4n) is 2.41. The number of amides is 2. The van der Waals surface area contributed by atoms with Crippen LogP contribution in [0.3, 0.4) is 0 Å². The van der Waals surface area contributed by atoms with Gasteiger partial charge in [-0.15, -0.1) is 0 Å². The highest BCUT2D eigenvalue weighted by Gasteiger charge is 2.15. The summed E-state index contributed by atoms with van der Waals surface area (Å²) in [7, 11) is 0. The van der Waals surface area contributed by atoms with Crippen molar-refractivity contribution in [3.05, 3.63) is 47.2 Å². The maximum Gasteiger partial charge on any atom is 0.245 e. The minimum atomic E-state index is -0.416. The third kappa shape index (κ3) is 6.36. The molecule has 0 fully saturated rings. The summed E-state index contributed by atoms with van der Waals surface area (Å²) >= 11 is 0. The molecule has 7 nitrogen and oxygen atoms in total. The number of hydrogen-bond acceptors (Lipinski definition) is 5. The van der Waals surface area contributed by atoms with Gasteiger partial charge in [-0.25, -0.2) is 0 Å². The molecule has 27 heavy (non-hydrogen) atoms.